The molecule has 0 saturated heterocycles. The van der Waals surface area contributed by atoms with E-state index < -0.39 is 11.8 Å². The largest absolute Gasteiger partial charge is 0.466 e. The molecule has 0 fully saturated rings. The quantitative estimate of drug-likeness (QED) is 0.536. The molecule has 0 aliphatic heterocycles. The fraction of sp³-hybridized carbons (Fsp3) is 0.158. The molecule has 7 heteroatoms. The first-order valence-electron chi connectivity index (χ1n) is 7.84. The molecule has 0 atom stereocenters. The maximum absolute atomic E-state index is 13.9. The number of thiazole rings is 1. The van der Waals surface area contributed by atoms with Crippen molar-refractivity contribution < 1.29 is 18.3 Å². The van der Waals surface area contributed by atoms with Crippen molar-refractivity contribution >= 4 is 28.9 Å². The zero-order valence-corrected chi connectivity index (χ0v) is 15.3. The summed E-state index contributed by atoms with van der Waals surface area (Å²) in [5, 5.41) is 0.615. The summed E-state index contributed by atoms with van der Waals surface area (Å²) in [5.74, 6) is -1.31. The number of aromatic nitrogens is 1. The molecule has 0 N–H and O–H groups in total. The van der Waals surface area contributed by atoms with Gasteiger partial charge in [-0.25, -0.2) is 13.8 Å². The van der Waals surface area contributed by atoms with Crippen LogP contribution in [0.2, 0.25) is 5.02 Å². The van der Waals surface area contributed by atoms with E-state index in [1.165, 1.54) is 35.6 Å². The topological polar surface area (TPSA) is 39.2 Å². The summed E-state index contributed by atoms with van der Waals surface area (Å²) >= 11 is 7.03. The molecule has 26 heavy (non-hydrogen) atoms. The number of carbonyl (C=O) groups is 1. The molecule has 0 amide bonds. The molecule has 0 aliphatic rings. The van der Waals surface area contributed by atoms with Crippen LogP contribution in [-0.2, 0) is 16.0 Å². The van der Waals surface area contributed by atoms with E-state index in [1.807, 2.05) is 0 Å². The molecule has 0 unspecified atom stereocenters. The van der Waals surface area contributed by atoms with E-state index in [1.54, 1.807) is 25.1 Å². The van der Waals surface area contributed by atoms with Crippen molar-refractivity contribution in [1.82, 2.24) is 4.98 Å². The lowest BCUT2D eigenvalue weighted by atomic mass is 10.1. The van der Waals surface area contributed by atoms with Crippen LogP contribution in [0, 0.1) is 11.6 Å². The van der Waals surface area contributed by atoms with Gasteiger partial charge in [-0.1, -0.05) is 17.7 Å². The highest BCUT2D eigenvalue weighted by Gasteiger charge is 2.18. The maximum Gasteiger partial charge on any atom is 0.311 e. The molecule has 3 rings (SSSR count). The third-order valence-corrected chi connectivity index (χ3v) is 5.00. The standard InChI is InChI=1S/C19H14ClF2NO2S/c1-2-25-17(24)10-16-18(12-5-8-14(20)15(22)9-12)23-19(26-16)11-3-6-13(21)7-4-11/h3-9H,2,10H2,1H3. The molecule has 0 bridgehead atoms. The number of rotatable bonds is 5. The van der Waals surface area contributed by atoms with Crippen LogP contribution in [0.3, 0.4) is 0 Å². The van der Waals surface area contributed by atoms with Gasteiger partial charge < -0.3 is 4.74 Å². The molecule has 0 radical (unpaired) electrons. The first kappa shape index (κ1) is 18.5. The average Bonchev–Trinajstić information content (AvgIpc) is 3.02. The third-order valence-electron chi connectivity index (χ3n) is 3.59. The van der Waals surface area contributed by atoms with Gasteiger partial charge in [0.15, 0.2) is 0 Å². The number of benzene rings is 2. The molecule has 134 valence electrons. The Bertz CT molecular complexity index is 941. The van der Waals surface area contributed by atoms with E-state index in [0.717, 1.165) is 0 Å². The number of carbonyl (C=O) groups excluding carboxylic acids is 1. The molecule has 0 spiro atoms. The van der Waals surface area contributed by atoms with E-state index in [-0.39, 0.29) is 23.9 Å². The fourth-order valence-electron chi connectivity index (χ4n) is 2.40. The van der Waals surface area contributed by atoms with Crippen molar-refractivity contribution in [2.24, 2.45) is 0 Å². The first-order valence-corrected chi connectivity index (χ1v) is 9.04. The number of hydrogen-bond acceptors (Lipinski definition) is 4. The molecule has 0 saturated carbocycles. The Morgan fingerprint density at radius 1 is 1.15 bits per heavy atom. The molecule has 3 nitrogen and oxygen atoms in total. The summed E-state index contributed by atoms with van der Waals surface area (Å²) < 4.78 is 32.0. The minimum absolute atomic E-state index is 0.00896. The van der Waals surface area contributed by atoms with Crippen LogP contribution in [0.1, 0.15) is 11.8 Å². The number of hydrogen-bond donors (Lipinski definition) is 0. The lowest BCUT2D eigenvalue weighted by Gasteiger charge is -2.04. The summed E-state index contributed by atoms with van der Waals surface area (Å²) in [4.78, 5) is 17.1. The zero-order chi connectivity index (χ0) is 18.7. The van der Waals surface area contributed by atoms with Gasteiger partial charge in [-0.15, -0.1) is 11.3 Å². The number of halogens is 3. The van der Waals surface area contributed by atoms with Crippen molar-refractivity contribution in [2.75, 3.05) is 6.61 Å². The van der Waals surface area contributed by atoms with Gasteiger partial charge in [0, 0.05) is 16.0 Å². The van der Waals surface area contributed by atoms with Crippen LogP contribution in [0.4, 0.5) is 8.78 Å². The van der Waals surface area contributed by atoms with E-state index in [0.29, 0.717) is 26.7 Å². The van der Waals surface area contributed by atoms with Crippen LogP contribution < -0.4 is 0 Å². The lowest BCUT2D eigenvalue weighted by Crippen LogP contribution is -2.07. The second kappa shape index (κ2) is 7.93. The smallest absolute Gasteiger partial charge is 0.311 e. The average molecular weight is 394 g/mol. The van der Waals surface area contributed by atoms with Gasteiger partial charge in [0.05, 0.1) is 23.7 Å². The monoisotopic (exact) mass is 393 g/mol. The normalized spacial score (nSPS) is 10.8. The van der Waals surface area contributed by atoms with Gasteiger partial charge in [-0.05, 0) is 43.3 Å². The lowest BCUT2D eigenvalue weighted by molar-refractivity contribution is -0.142. The van der Waals surface area contributed by atoms with Crippen LogP contribution in [0.5, 0.6) is 0 Å². The Balaban J connectivity index is 2.06. The molecule has 0 aliphatic carbocycles. The molecule has 1 aromatic heterocycles. The van der Waals surface area contributed by atoms with Crippen molar-refractivity contribution in [1.29, 1.82) is 0 Å². The highest BCUT2D eigenvalue weighted by molar-refractivity contribution is 7.15. The van der Waals surface area contributed by atoms with Crippen molar-refractivity contribution in [3.05, 3.63) is 64.0 Å². The Morgan fingerprint density at radius 3 is 2.50 bits per heavy atom. The van der Waals surface area contributed by atoms with Crippen LogP contribution in [0.25, 0.3) is 21.8 Å². The van der Waals surface area contributed by atoms with Gasteiger partial charge >= 0.3 is 5.97 Å². The number of esters is 1. The Labute approximate surface area is 158 Å². The molecule has 1 heterocycles. The van der Waals surface area contributed by atoms with Crippen molar-refractivity contribution in [3.8, 4) is 21.8 Å². The summed E-state index contributed by atoms with van der Waals surface area (Å²) in [6, 6.07) is 10.2. The van der Waals surface area contributed by atoms with Crippen LogP contribution >= 0.6 is 22.9 Å². The minimum Gasteiger partial charge on any atom is -0.466 e. The third kappa shape index (κ3) is 4.08. The predicted molar refractivity (Wildman–Crippen MR) is 98.2 cm³/mol. The molecular weight excluding hydrogens is 380 g/mol. The highest BCUT2D eigenvalue weighted by atomic mass is 35.5. The summed E-state index contributed by atoms with van der Waals surface area (Å²) in [5.41, 5.74) is 1.70. The SMILES string of the molecule is CCOC(=O)Cc1sc(-c2ccc(F)cc2)nc1-c1ccc(Cl)c(F)c1. The summed E-state index contributed by atoms with van der Waals surface area (Å²) in [6.45, 7) is 2.00. The second-order valence-corrected chi connectivity index (χ2v) is 6.90. The Kier molecular flexibility index (Phi) is 5.64. The fourth-order valence-corrected chi connectivity index (χ4v) is 3.59. The number of ether oxygens (including phenoxy) is 1. The highest BCUT2D eigenvalue weighted by Crippen LogP contribution is 2.35. The van der Waals surface area contributed by atoms with Crippen LogP contribution in [0.15, 0.2) is 42.5 Å². The van der Waals surface area contributed by atoms with E-state index >= 15 is 0 Å². The van der Waals surface area contributed by atoms with Gasteiger partial charge in [0.25, 0.3) is 0 Å². The molecule has 2 aromatic carbocycles. The zero-order valence-electron chi connectivity index (χ0n) is 13.8. The predicted octanol–water partition coefficient (Wildman–Crippen LogP) is 5.51. The van der Waals surface area contributed by atoms with Crippen molar-refractivity contribution in [2.45, 2.75) is 13.3 Å². The molecule has 3 aromatic rings. The molecular formula is C19H14ClF2NO2S. The summed E-state index contributed by atoms with van der Waals surface area (Å²) in [7, 11) is 0. The number of nitrogens with zero attached hydrogens (tertiary/aromatic N) is 1. The minimum atomic E-state index is -0.567. The van der Waals surface area contributed by atoms with E-state index in [9.17, 15) is 13.6 Å². The van der Waals surface area contributed by atoms with Gasteiger partial charge in [0.1, 0.15) is 16.6 Å². The first-order chi connectivity index (χ1) is 12.5. The van der Waals surface area contributed by atoms with Gasteiger partial charge in [-0.2, -0.15) is 0 Å². The van der Waals surface area contributed by atoms with Crippen molar-refractivity contribution in [3.63, 3.8) is 0 Å². The van der Waals surface area contributed by atoms with Crippen LogP contribution in [-0.4, -0.2) is 17.6 Å². The maximum atomic E-state index is 13.9. The van der Waals surface area contributed by atoms with Gasteiger partial charge in [-0.3, -0.25) is 4.79 Å². The summed E-state index contributed by atoms with van der Waals surface area (Å²) in [6.07, 6.45) is 0.0201. The Hall–Kier alpha value is -2.31. The second-order valence-electron chi connectivity index (χ2n) is 5.41. The van der Waals surface area contributed by atoms with Gasteiger partial charge in [0.2, 0.25) is 0 Å². The Morgan fingerprint density at radius 2 is 1.85 bits per heavy atom. The van der Waals surface area contributed by atoms with E-state index in [2.05, 4.69) is 4.98 Å². The van der Waals surface area contributed by atoms with E-state index in [4.69, 9.17) is 16.3 Å².